The summed E-state index contributed by atoms with van der Waals surface area (Å²) in [5.74, 6) is 0.252. The zero-order valence-electron chi connectivity index (χ0n) is 12.1. The molecule has 0 bridgehead atoms. The van der Waals surface area contributed by atoms with Gasteiger partial charge in [0.2, 0.25) is 0 Å². The van der Waals surface area contributed by atoms with Crippen molar-refractivity contribution >= 4 is 23.5 Å². The first-order valence-corrected chi connectivity index (χ1v) is 7.11. The van der Waals surface area contributed by atoms with Crippen molar-refractivity contribution in [3.63, 3.8) is 0 Å². The fraction of sp³-hybridized carbons (Fsp3) is 0.267. The molecule has 114 valence electrons. The lowest BCUT2D eigenvalue weighted by Crippen LogP contribution is -2.41. The lowest BCUT2D eigenvalue weighted by molar-refractivity contribution is -0.131. The van der Waals surface area contributed by atoms with Crippen LogP contribution in [0.4, 0.5) is 4.79 Å². The van der Waals surface area contributed by atoms with E-state index in [0.29, 0.717) is 22.0 Å². The van der Waals surface area contributed by atoms with Crippen LogP contribution in [0.25, 0.3) is 0 Å². The van der Waals surface area contributed by atoms with Gasteiger partial charge in [0.1, 0.15) is 17.0 Å². The van der Waals surface area contributed by atoms with Gasteiger partial charge in [-0.05, 0) is 19.9 Å². The Morgan fingerprint density at radius 1 is 1.36 bits per heavy atom. The molecule has 2 heterocycles. The van der Waals surface area contributed by atoms with E-state index in [-0.39, 0.29) is 12.5 Å². The van der Waals surface area contributed by atoms with Crippen LogP contribution in [-0.2, 0) is 16.9 Å². The minimum absolute atomic E-state index is 0.0576. The van der Waals surface area contributed by atoms with Crippen LogP contribution in [0.3, 0.4) is 0 Å². The monoisotopic (exact) mass is 319 g/mol. The summed E-state index contributed by atoms with van der Waals surface area (Å²) >= 11 is 6.17. The molecule has 0 spiro atoms. The number of halogens is 1. The van der Waals surface area contributed by atoms with Gasteiger partial charge in [-0.2, -0.15) is 0 Å². The van der Waals surface area contributed by atoms with Crippen molar-refractivity contribution in [2.75, 3.05) is 0 Å². The molecule has 1 aromatic heterocycles. The average molecular weight is 320 g/mol. The number of carbonyl (C=O) groups is 2. The summed E-state index contributed by atoms with van der Waals surface area (Å²) in [7, 11) is 0. The molecule has 0 unspecified atom stereocenters. The van der Waals surface area contributed by atoms with E-state index < -0.39 is 11.6 Å². The van der Waals surface area contributed by atoms with Crippen LogP contribution < -0.4 is 5.32 Å². The van der Waals surface area contributed by atoms with E-state index in [4.69, 9.17) is 16.1 Å². The third kappa shape index (κ3) is 2.25. The average Bonchev–Trinajstić information content (AvgIpc) is 2.97. The van der Waals surface area contributed by atoms with Gasteiger partial charge in [0.15, 0.2) is 0 Å². The van der Waals surface area contributed by atoms with Crippen molar-refractivity contribution in [3.05, 3.63) is 52.4 Å². The number of imide groups is 1. The third-order valence-corrected chi connectivity index (χ3v) is 4.01. The number of nitrogens with zero attached hydrogens (tertiary/aromatic N) is 2. The van der Waals surface area contributed by atoms with Crippen LogP contribution in [0.1, 0.15) is 23.9 Å². The van der Waals surface area contributed by atoms with Crippen molar-refractivity contribution in [2.24, 2.45) is 0 Å². The molecule has 7 heteroatoms. The van der Waals surface area contributed by atoms with Gasteiger partial charge in [-0.25, -0.2) is 4.79 Å². The van der Waals surface area contributed by atoms with Gasteiger partial charge in [0.05, 0.1) is 6.54 Å². The molecule has 1 fully saturated rings. The van der Waals surface area contributed by atoms with Crippen LogP contribution in [-0.4, -0.2) is 22.0 Å². The molecule has 3 amide bonds. The quantitative estimate of drug-likeness (QED) is 0.882. The number of aromatic nitrogens is 1. The molecule has 1 aliphatic heterocycles. The zero-order valence-corrected chi connectivity index (χ0v) is 12.8. The zero-order chi connectivity index (χ0) is 15.9. The Hall–Kier alpha value is -2.34. The second-order valence-corrected chi connectivity index (χ2v) is 5.76. The Bertz CT molecular complexity index is 758. The number of hydrogen-bond donors (Lipinski definition) is 1. The summed E-state index contributed by atoms with van der Waals surface area (Å²) < 4.78 is 4.96. The molecule has 1 aliphatic rings. The molecule has 1 saturated heterocycles. The van der Waals surface area contributed by atoms with E-state index in [1.807, 2.05) is 0 Å². The number of nitrogens with one attached hydrogen (secondary N) is 1. The highest BCUT2D eigenvalue weighted by atomic mass is 35.5. The fourth-order valence-electron chi connectivity index (χ4n) is 2.54. The maximum absolute atomic E-state index is 12.7. The molecule has 6 nitrogen and oxygen atoms in total. The minimum atomic E-state index is -1.19. The summed E-state index contributed by atoms with van der Waals surface area (Å²) in [6.07, 6.45) is 0. The molecule has 1 N–H and O–H groups in total. The van der Waals surface area contributed by atoms with Crippen LogP contribution in [0.2, 0.25) is 5.02 Å². The molecular formula is C15H14ClN3O3. The van der Waals surface area contributed by atoms with Gasteiger partial charge in [-0.1, -0.05) is 35.0 Å². The number of rotatable bonds is 3. The smallest absolute Gasteiger partial charge is 0.325 e. The van der Waals surface area contributed by atoms with Crippen LogP contribution >= 0.6 is 11.6 Å². The SMILES string of the molecule is Cc1cc(CN2C(=O)N[C@](C)(c3ccccc3Cl)C2=O)no1. The van der Waals surface area contributed by atoms with Gasteiger partial charge in [-0.15, -0.1) is 0 Å². The van der Waals surface area contributed by atoms with E-state index >= 15 is 0 Å². The first-order chi connectivity index (χ1) is 10.4. The molecule has 0 saturated carbocycles. The lowest BCUT2D eigenvalue weighted by Gasteiger charge is -2.23. The Labute approximate surface area is 132 Å². The lowest BCUT2D eigenvalue weighted by atomic mass is 9.92. The van der Waals surface area contributed by atoms with E-state index in [0.717, 1.165) is 4.90 Å². The predicted molar refractivity (Wildman–Crippen MR) is 79.1 cm³/mol. The maximum Gasteiger partial charge on any atom is 0.325 e. The Balaban J connectivity index is 1.92. The van der Waals surface area contributed by atoms with E-state index in [2.05, 4.69) is 10.5 Å². The summed E-state index contributed by atoms with van der Waals surface area (Å²) in [4.78, 5) is 26.0. The van der Waals surface area contributed by atoms with Crippen molar-refractivity contribution in [1.82, 2.24) is 15.4 Å². The summed E-state index contributed by atoms with van der Waals surface area (Å²) in [5, 5.41) is 6.95. The van der Waals surface area contributed by atoms with E-state index in [1.54, 1.807) is 44.2 Å². The number of aryl methyl sites for hydroxylation is 1. The molecule has 22 heavy (non-hydrogen) atoms. The second-order valence-electron chi connectivity index (χ2n) is 5.36. The summed E-state index contributed by atoms with van der Waals surface area (Å²) in [6, 6.07) is 8.16. The number of urea groups is 1. The third-order valence-electron chi connectivity index (χ3n) is 3.68. The normalized spacial score (nSPS) is 21.3. The van der Waals surface area contributed by atoms with Gasteiger partial charge < -0.3 is 9.84 Å². The number of hydrogen-bond acceptors (Lipinski definition) is 4. The maximum atomic E-state index is 12.7. The van der Waals surface area contributed by atoms with Crippen LogP contribution in [0.15, 0.2) is 34.9 Å². The number of carbonyl (C=O) groups excluding carboxylic acids is 2. The molecule has 1 aromatic carbocycles. The van der Waals surface area contributed by atoms with Crippen molar-refractivity contribution in [2.45, 2.75) is 25.9 Å². The van der Waals surface area contributed by atoms with E-state index in [1.165, 1.54) is 0 Å². The number of amides is 3. The molecule has 3 rings (SSSR count). The molecule has 2 aromatic rings. The highest BCUT2D eigenvalue weighted by Gasteiger charge is 2.49. The highest BCUT2D eigenvalue weighted by molar-refractivity contribution is 6.32. The standard InChI is InChI=1S/C15H14ClN3O3/c1-9-7-10(18-22-9)8-19-13(20)15(2,17-14(19)21)11-5-3-4-6-12(11)16/h3-7H,8H2,1-2H3,(H,17,21)/t15-/m1/s1. The Morgan fingerprint density at radius 2 is 2.09 bits per heavy atom. The second kappa shape index (κ2) is 5.14. The van der Waals surface area contributed by atoms with Crippen molar-refractivity contribution < 1.29 is 14.1 Å². The van der Waals surface area contributed by atoms with E-state index in [9.17, 15) is 9.59 Å². The first kappa shape index (κ1) is 14.6. The minimum Gasteiger partial charge on any atom is -0.361 e. The number of benzene rings is 1. The highest BCUT2D eigenvalue weighted by Crippen LogP contribution is 2.33. The van der Waals surface area contributed by atoms with Crippen molar-refractivity contribution in [1.29, 1.82) is 0 Å². The molecule has 0 aliphatic carbocycles. The predicted octanol–water partition coefficient (Wildman–Crippen LogP) is 2.60. The largest absolute Gasteiger partial charge is 0.361 e. The topological polar surface area (TPSA) is 75.4 Å². The van der Waals surface area contributed by atoms with Gasteiger partial charge in [0, 0.05) is 16.7 Å². The van der Waals surface area contributed by atoms with Crippen LogP contribution in [0, 0.1) is 6.92 Å². The molecular weight excluding hydrogens is 306 g/mol. The Morgan fingerprint density at radius 3 is 2.73 bits per heavy atom. The molecule has 1 atom stereocenters. The molecule has 0 radical (unpaired) electrons. The Kier molecular flexibility index (Phi) is 3.41. The van der Waals surface area contributed by atoms with Gasteiger partial charge in [0.25, 0.3) is 5.91 Å². The van der Waals surface area contributed by atoms with Gasteiger partial charge in [-0.3, -0.25) is 9.69 Å². The first-order valence-electron chi connectivity index (χ1n) is 6.73. The van der Waals surface area contributed by atoms with Gasteiger partial charge >= 0.3 is 6.03 Å². The van der Waals surface area contributed by atoms with Crippen LogP contribution in [0.5, 0.6) is 0 Å². The van der Waals surface area contributed by atoms with Crippen molar-refractivity contribution in [3.8, 4) is 0 Å². The summed E-state index contributed by atoms with van der Waals surface area (Å²) in [6.45, 7) is 3.45. The fourth-order valence-corrected chi connectivity index (χ4v) is 2.87. The summed E-state index contributed by atoms with van der Waals surface area (Å²) in [5.41, 5.74) is -0.105.